The third kappa shape index (κ3) is 40.2. The second-order valence-electron chi connectivity index (χ2n) is 15.2. The highest BCUT2D eigenvalue weighted by atomic mass is 31.2. The topological polar surface area (TPSA) is 108 Å². The first-order valence-electron chi connectivity index (χ1n) is 22.5. The van der Waals surface area contributed by atoms with Gasteiger partial charge in [0.2, 0.25) is 0 Å². The lowest BCUT2D eigenvalue weighted by Crippen LogP contribution is -2.29. The Balaban J connectivity index is 3.94. The van der Waals surface area contributed by atoms with Gasteiger partial charge in [-0.25, -0.2) is 4.57 Å². The van der Waals surface area contributed by atoms with Crippen molar-refractivity contribution in [2.24, 2.45) is 0 Å². The molecule has 0 spiro atoms. The first-order chi connectivity index (χ1) is 26.3. The van der Waals surface area contributed by atoms with E-state index in [-0.39, 0.29) is 19.0 Å². The molecule has 9 heteroatoms. The molecule has 0 rings (SSSR count). The molecule has 0 aliphatic carbocycles. The van der Waals surface area contributed by atoms with Gasteiger partial charge in [0, 0.05) is 20.0 Å². The number of phosphoric ester groups is 1. The number of hydrogen-bond donors (Lipinski definition) is 1. The predicted octanol–water partition coefficient (Wildman–Crippen LogP) is 14.2. The molecular weight excluding hydrogens is 699 g/mol. The first-order valence-corrected chi connectivity index (χ1v) is 24.0. The maximum atomic E-state index is 12.5. The van der Waals surface area contributed by atoms with Crippen LogP contribution in [0.2, 0.25) is 0 Å². The van der Waals surface area contributed by atoms with E-state index in [0.29, 0.717) is 12.8 Å². The molecule has 0 amide bonds. The Morgan fingerprint density at radius 1 is 0.519 bits per heavy atom. The molecule has 0 radical (unpaired) electrons. The van der Waals surface area contributed by atoms with Crippen LogP contribution in [0.25, 0.3) is 0 Å². The maximum absolute atomic E-state index is 12.5. The number of hydrogen-bond acceptors (Lipinski definition) is 7. The van der Waals surface area contributed by atoms with Crippen LogP contribution in [-0.4, -0.2) is 43.3 Å². The molecule has 2 unspecified atom stereocenters. The summed E-state index contributed by atoms with van der Waals surface area (Å²) in [6.45, 7) is 3.90. The number of carbonyl (C=O) groups is 2. The summed E-state index contributed by atoms with van der Waals surface area (Å²) in [6.07, 6.45) is 46.6. The van der Waals surface area contributed by atoms with Crippen LogP contribution >= 0.6 is 7.82 Å². The van der Waals surface area contributed by atoms with Crippen LogP contribution in [0.1, 0.15) is 226 Å². The van der Waals surface area contributed by atoms with Crippen LogP contribution in [0.4, 0.5) is 0 Å². The largest absolute Gasteiger partial charge is 0.472 e. The standard InChI is InChI=1S/C45H85O8P/c1-4-6-8-10-12-14-16-18-20-21-22-23-24-25-26-28-30-32-34-36-38-40-45(47)53-43(42-52-54(48,49)50-3)41-51-44(46)39-37-35-33-31-29-27-19-17-15-13-11-9-7-5-2/h16,18,21-22,43H,4-15,17,19-20,23-42H2,1-3H3,(H,48,49)/b18-16-,22-21-. The van der Waals surface area contributed by atoms with Gasteiger partial charge in [-0.2, -0.15) is 0 Å². The van der Waals surface area contributed by atoms with Crippen molar-refractivity contribution < 1.29 is 37.6 Å². The third-order valence-electron chi connectivity index (χ3n) is 9.95. The molecule has 54 heavy (non-hydrogen) atoms. The quantitative estimate of drug-likeness (QED) is 0.0282. The van der Waals surface area contributed by atoms with Gasteiger partial charge >= 0.3 is 19.8 Å². The van der Waals surface area contributed by atoms with Crippen molar-refractivity contribution in [2.75, 3.05) is 20.3 Å². The summed E-state index contributed by atoms with van der Waals surface area (Å²) in [4.78, 5) is 34.5. The highest BCUT2D eigenvalue weighted by molar-refractivity contribution is 7.47. The van der Waals surface area contributed by atoms with E-state index in [4.69, 9.17) is 14.0 Å². The molecule has 2 atom stereocenters. The molecular formula is C45H85O8P. The van der Waals surface area contributed by atoms with Crippen molar-refractivity contribution in [2.45, 2.75) is 232 Å². The highest BCUT2D eigenvalue weighted by Gasteiger charge is 2.24. The molecule has 0 aliphatic rings. The first kappa shape index (κ1) is 52.5. The minimum absolute atomic E-state index is 0.222. The Bertz CT molecular complexity index is 937. The van der Waals surface area contributed by atoms with E-state index in [9.17, 15) is 19.0 Å². The molecule has 0 bridgehead atoms. The van der Waals surface area contributed by atoms with Gasteiger partial charge in [0.25, 0.3) is 0 Å². The lowest BCUT2D eigenvalue weighted by atomic mass is 10.0. The summed E-state index contributed by atoms with van der Waals surface area (Å²) in [5.41, 5.74) is 0. The summed E-state index contributed by atoms with van der Waals surface area (Å²) in [5, 5.41) is 0. The zero-order valence-electron chi connectivity index (χ0n) is 35.4. The summed E-state index contributed by atoms with van der Waals surface area (Å²) in [5.74, 6) is -0.799. The van der Waals surface area contributed by atoms with Gasteiger partial charge < -0.3 is 14.4 Å². The van der Waals surface area contributed by atoms with E-state index in [0.717, 1.165) is 52.1 Å². The molecule has 0 fully saturated rings. The van der Waals surface area contributed by atoms with E-state index in [1.807, 2.05) is 0 Å². The summed E-state index contributed by atoms with van der Waals surface area (Å²) >= 11 is 0. The van der Waals surface area contributed by atoms with Gasteiger partial charge in [0.15, 0.2) is 6.10 Å². The van der Waals surface area contributed by atoms with E-state index >= 15 is 0 Å². The minimum atomic E-state index is -4.26. The van der Waals surface area contributed by atoms with Gasteiger partial charge in [-0.3, -0.25) is 18.6 Å². The van der Waals surface area contributed by atoms with Gasteiger partial charge in [0.1, 0.15) is 6.61 Å². The molecule has 0 aromatic rings. The SMILES string of the molecule is CCCCCCC/C=C\C/C=C\CCCCCCCCCCCC(=O)OC(COC(=O)CCCCCCCCCCCCCCCC)COP(=O)(O)OC. The average Bonchev–Trinajstić information content (AvgIpc) is 3.16. The molecule has 1 N–H and O–H groups in total. The van der Waals surface area contributed by atoms with Crippen molar-refractivity contribution in [1.82, 2.24) is 0 Å². The number of carbonyl (C=O) groups excluding carboxylic acids is 2. The lowest BCUT2D eigenvalue weighted by Gasteiger charge is -2.19. The molecule has 0 saturated carbocycles. The zero-order chi connectivity index (χ0) is 39.6. The summed E-state index contributed by atoms with van der Waals surface area (Å²) in [6, 6.07) is 0. The van der Waals surface area contributed by atoms with Crippen molar-refractivity contribution >= 4 is 19.8 Å². The second kappa shape index (κ2) is 41.2. The molecule has 0 aromatic heterocycles. The Morgan fingerprint density at radius 2 is 0.889 bits per heavy atom. The Morgan fingerprint density at radius 3 is 1.30 bits per heavy atom. The van der Waals surface area contributed by atoms with Gasteiger partial charge in [-0.05, 0) is 44.9 Å². The predicted molar refractivity (Wildman–Crippen MR) is 226 cm³/mol. The number of allylic oxidation sites excluding steroid dienone is 4. The van der Waals surface area contributed by atoms with Crippen LogP contribution in [-0.2, 0) is 32.7 Å². The Hall–Kier alpha value is -1.47. The Labute approximate surface area is 333 Å². The lowest BCUT2D eigenvalue weighted by molar-refractivity contribution is -0.161. The molecule has 0 aromatic carbocycles. The summed E-state index contributed by atoms with van der Waals surface area (Å²) < 4.78 is 32.0. The van der Waals surface area contributed by atoms with E-state index in [2.05, 4.69) is 42.7 Å². The maximum Gasteiger partial charge on any atom is 0.472 e. The molecule has 0 saturated heterocycles. The fourth-order valence-corrected chi connectivity index (χ4v) is 6.91. The third-order valence-corrected chi connectivity index (χ3v) is 10.9. The number of rotatable bonds is 42. The van der Waals surface area contributed by atoms with E-state index in [1.54, 1.807) is 0 Å². The van der Waals surface area contributed by atoms with E-state index in [1.165, 1.54) is 148 Å². The average molecular weight is 785 g/mol. The smallest absolute Gasteiger partial charge is 0.462 e. The zero-order valence-corrected chi connectivity index (χ0v) is 36.3. The fourth-order valence-electron chi connectivity index (χ4n) is 6.45. The monoisotopic (exact) mass is 785 g/mol. The second-order valence-corrected chi connectivity index (χ2v) is 16.8. The number of phosphoric acid groups is 1. The van der Waals surface area contributed by atoms with Gasteiger partial charge in [-0.15, -0.1) is 0 Å². The number of esters is 2. The van der Waals surface area contributed by atoms with Gasteiger partial charge in [0.05, 0.1) is 6.61 Å². The molecule has 0 aliphatic heterocycles. The number of unbranched alkanes of at least 4 members (excludes halogenated alkanes) is 27. The van der Waals surface area contributed by atoms with Crippen LogP contribution in [0.15, 0.2) is 24.3 Å². The van der Waals surface area contributed by atoms with Crippen molar-refractivity contribution in [1.29, 1.82) is 0 Å². The van der Waals surface area contributed by atoms with E-state index < -0.39 is 26.5 Å². The van der Waals surface area contributed by atoms with Crippen molar-refractivity contribution in [3.63, 3.8) is 0 Å². The summed E-state index contributed by atoms with van der Waals surface area (Å²) in [7, 11) is -3.20. The van der Waals surface area contributed by atoms with Gasteiger partial charge in [-0.1, -0.05) is 192 Å². The van der Waals surface area contributed by atoms with Crippen LogP contribution < -0.4 is 0 Å². The molecule has 318 valence electrons. The van der Waals surface area contributed by atoms with Crippen molar-refractivity contribution in [3.05, 3.63) is 24.3 Å². The van der Waals surface area contributed by atoms with Crippen LogP contribution in [0, 0.1) is 0 Å². The van der Waals surface area contributed by atoms with Crippen molar-refractivity contribution in [3.8, 4) is 0 Å². The fraction of sp³-hybridized carbons (Fsp3) is 0.867. The number of ether oxygens (including phenoxy) is 2. The molecule has 0 heterocycles. The normalized spacial score (nSPS) is 13.5. The van der Waals surface area contributed by atoms with Crippen LogP contribution in [0.3, 0.4) is 0 Å². The van der Waals surface area contributed by atoms with Crippen LogP contribution in [0.5, 0.6) is 0 Å². The highest BCUT2D eigenvalue weighted by Crippen LogP contribution is 2.42. The minimum Gasteiger partial charge on any atom is -0.462 e. The molecule has 8 nitrogen and oxygen atoms in total. The Kier molecular flexibility index (Phi) is 40.1.